The molecule has 0 bridgehead atoms. The van der Waals surface area contributed by atoms with Gasteiger partial charge in [0.2, 0.25) is 11.7 Å². The third-order valence-electron chi connectivity index (χ3n) is 3.67. The van der Waals surface area contributed by atoms with Crippen molar-refractivity contribution in [3.8, 4) is 0 Å². The summed E-state index contributed by atoms with van der Waals surface area (Å²) in [7, 11) is 0. The Morgan fingerprint density at radius 3 is 2.25 bits per heavy atom. The molecule has 0 spiro atoms. The number of hydrogen-bond donors (Lipinski definition) is 3. The number of carbonyl (C=O) groups excluding carboxylic acids is 1. The molecule has 0 atom stereocenters. The largest absolute Gasteiger partial charge is 0.359 e. The third-order valence-corrected chi connectivity index (χ3v) is 3.67. The van der Waals surface area contributed by atoms with Gasteiger partial charge in [-0.05, 0) is 17.7 Å². The van der Waals surface area contributed by atoms with Gasteiger partial charge in [0.05, 0.1) is 0 Å². The van der Waals surface area contributed by atoms with Gasteiger partial charge in [0.15, 0.2) is 0 Å². The first kappa shape index (κ1) is 13.1. The minimum absolute atomic E-state index is 0.0352. The molecular weight excluding hydrogens is 256 g/mol. The Kier molecular flexibility index (Phi) is 2.97. The molecule has 1 aromatic rings. The van der Waals surface area contributed by atoms with Crippen molar-refractivity contribution in [1.82, 2.24) is 10.4 Å². The first-order valence-electron chi connectivity index (χ1n) is 6.50. The lowest BCUT2D eigenvalue weighted by Gasteiger charge is -2.39. The fourth-order valence-electron chi connectivity index (χ4n) is 2.60. The van der Waals surface area contributed by atoms with Crippen molar-refractivity contribution >= 4 is 5.91 Å². The molecule has 20 heavy (non-hydrogen) atoms. The number of rotatable bonds is 2. The molecule has 3 N–H and O–H groups in total. The molecule has 5 nitrogen and oxygen atoms in total. The Labute approximate surface area is 116 Å². The van der Waals surface area contributed by atoms with Gasteiger partial charge >= 0.3 is 0 Å². The Bertz CT molecular complexity index is 562. The van der Waals surface area contributed by atoms with Gasteiger partial charge in [0, 0.05) is 13.0 Å². The zero-order chi connectivity index (χ0) is 14.2. The molecular formula is C15H16N2O3. The molecule has 1 aliphatic carbocycles. The van der Waals surface area contributed by atoms with Crippen LogP contribution in [0.25, 0.3) is 0 Å². The van der Waals surface area contributed by atoms with Crippen molar-refractivity contribution < 1.29 is 15.0 Å². The first-order chi connectivity index (χ1) is 9.52. The smallest absolute Gasteiger partial charge is 0.235 e. The van der Waals surface area contributed by atoms with E-state index in [1.54, 1.807) is 12.2 Å². The minimum Gasteiger partial charge on any atom is -0.359 e. The van der Waals surface area contributed by atoms with E-state index in [0.717, 1.165) is 5.56 Å². The number of hydrazine groups is 1. The number of nitrogens with zero attached hydrogens (tertiary/aromatic N) is 1. The molecule has 1 amide bonds. The van der Waals surface area contributed by atoms with Gasteiger partial charge in [-0.3, -0.25) is 10.2 Å². The van der Waals surface area contributed by atoms with E-state index in [1.807, 2.05) is 35.3 Å². The summed E-state index contributed by atoms with van der Waals surface area (Å²) >= 11 is 0. The molecule has 0 unspecified atom stereocenters. The lowest BCUT2D eigenvalue weighted by atomic mass is 9.84. The van der Waals surface area contributed by atoms with Gasteiger partial charge in [0.25, 0.3) is 0 Å². The highest BCUT2D eigenvalue weighted by Crippen LogP contribution is 2.36. The fourth-order valence-corrected chi connectivity index (χ4v) is 2.60. The van der Waals surface area contributed by atoms with Crippen LogP contribution in [0.2, 0.25) is 0 Å². The zero-order valence-corrected chi connectivity index (χ0v) is 10.9. The van der Waals surface area contributed by atoms with Gasteiger partial charge in [-0.15, -0.1) is 0 Å². The van der Waals surface area contributed by atoms with Gasteiger partial charge in [-0.25, -0.2) is 5.01 Å². The SMILES string of the molecule is O=C1CCN(C2(c3ccccc3)C=CC(O)(O)C=C2)N1. The van der Waals surface area contributed by atoms with E-state index >= 15 is 0 Å². The van der Waals surface area contributed by atoms with Crippen LogP contribution in [0, 0.1) is 0 Å². The molecule has 0 radical (unpaired) electrons. The van der Waals surface area contributed by atoms with Crippen LogP contribution in [0.3, 0.4) is 0 Å². The van der Waals surface area contributed by atoms with Crippen LogP contribution in [0.5, 0.6) is 0 Å². The van der Waals surface area contributed by atoms with E-state index in [4.69, 9.17) is 0 Å². The monoisotopic (exact) mass is 272 g/mol. The molecule has 3 rings (SSSR count). The predicted molar refractivity (Wildman–Crippen MR) is 73.0 cm³/mol. The topological polar surface area (TPSA) is 72.8 Å². The number of aliphatic hydroxyl groups is 2. The summed E-state index contributed by atoms with van der Waals surface area (Å²) < 4.78 is 0. The molecule has 0 saturated carbocycles. The van der Waals surface area contributed by atoms with Crippen molar-refractivity contribution in [1.29, 1.82) is 0 Å². The maximum Gasteiger partial charge on any atom is 0.235 e. The van der Waals surface area contributed by atoms with Gasteiger partial charge in [0.1, 0.15) is 5.54 Å². The number of nitrogens with one attached hydrogen (secondary N) is 1. The van der Waals surface area contributed by atoms with Crippen molar-refractivity contribution in [2.75, 3.05) is 6.54 Å². The average Bonchev–Trinajstić information content (AvgIpc) is 2.87. The maximum atomic E-state index is 11.5. The molecule has 104 valence electrons. The molecule has 1 saturated heterocycles. The molecule has 1 aliphatic heterocycles. The summed E-state index contributed by atoms with van der Waals surface area (Å²) in [5.74, 6) is -1.98. The number of amides is 1. The highest BCUT2D eigenvalue weighted by atomic mass is 16.5. The average molecular weight is 272 g/mol. The van der Waals surface area contributed by atoms with Crippen molar-refractivity contribution in [2.45, 2.75) is 17.7 Å². The van der Waals surface area contributed by atoms with E-state index in [2.05, 4.69) is 5.43 Å². The minimum atomic E-state index is -1.94. The van der Waals surface area contributed by atoms with Gasteiger partial charge < -0.3 is 10.2 Å². The number of carbonyl (C=O) groups is 1. The van der Waals surface area contributed by atoms with Crippen molar-refractivity contribution in [3.63, 3.8) is 0 Å². The molecule has 5 heteroatoms. The first-order valence-corrected chi connectivity index (χ1v) is 6.50. The summed E-state index contributed by atoms with van der Waals surface area (Å²) in [6.45, 7) is 0.562. The van der Waals surface area contributed by atoms with E-state index in [9.17, 15) is 15.0 Å². The van der Waals surface area contributed by atoms with Crippen molar-refractivity contribution in [2.24, 2.45) is 0 Å². The van der Waals surface area contributed by atoms with E-state index in [-0.39, 0.29) is 5.91 Å². The van der Waals surface area contributed by atoms with Crippen LogP contribution in [-0.4, -0.2) is 33.5 Å². The summed E-state index contributed by atoms with van der Waals surface area (Å²) in [6.07, 6.45) is 6.48. The Morgan fingerprint density at radius 1 is 1.05 bits per heavy atom. The summed E-state index contributed by atoms with van der Waals surface area (Å²) in [5, 5.41) is 21.1. The van der Waals surface area contributed by atoms with Crippen LogP contribution in [0.15, 0.2) is 54.6 Å². The lowest BCUT2D eigenvalue weighted by Crippen LogP contribution is -2.50. The van der Waals surface area contributed by atoms with Crippen LogP contribution >= 0.6 is 0 Å². The Morgan fingerprint density at radius 2 is 1.70 bits per heavy atom. The fraction of sp³-hybridized carbons (Fsp3) is 0.267. The summed E-state index contributed by atoms with van der Waals surface area (Å²) in [6, 6.07) is 9.63. The molecule has 2 aliphatic rings. The van der Waals surface area contributed by atoms with E-state index in [1.165, 1.54) is 12.2 Å². The second kappa shape index (κ2) is 4.56. The predicted octanol–water partition coefficient (Wildman–Crippen LogP) is 0.426. The molecule has 1 aromatic carbocycles. The molecule has 0 aromatic heterocycles. The van der Waals surface area contributed by atoms with Crippen LogP contribution in [0.1, 0.15) is 12.0 Å². The van der Waals surface area contributed by atoms with E-state index in [0.29, 0.717) is 13.0 Å². The van der Waals surface area contributed by atoms with E-state index < -0.39 is 11.3 Å². The summed E-state index contributed by atoms with van der Waals surface area (Å²) in [4.78, 5) is 11.5. The Hall–Kier alpha value is -1.95. The normalized spacial score (nSPS) is 23.8. The van der Waals surface area contributed by atoms with Gasteiger partial charge in [-0.2, -0.15) is 0 Å². The second-order valence-corrected chi connectivity index (χ2v) is 5.08. The quantitative estimate of drug-likeness (QED) is 0.539. The third kappa shape index (κ3) is 2.16. The molecule has 1 fully saturated rings. The highest BCUT2D eigenvalue weighted by Gasteiger charge is 2.41. The standard InChI is InChI=1S/C15H16N2O3/c18-13-6-11-17(16-13)14(12-4-2-1-3-5-12)7-9-15(19,20)10-8-14/h1-5,7-10,19-20H,6,11H2,(H,16,18). The zero-order valence-electron chi connectivity index (χ0n) is 10.9. The summed E-state index contributed by atoms with van der Waals surface area (Å²) in [5.41, 5.74) is 3.08. The number of hydrogen-bond acceptors (Lipinski definition) is 4. The maximum absolute atomic E-state index is 11.5. The van der Waals surface area contributed by atoms with Crippen LogP contribution in [0.4, 0.5) is 0 Å². The Balaban J connectivity index is 2.05. The lowest BCUT2D eigenvalue weighted by molar-refractivity contribution is -0.121. The van der Waals surface area contributed by atoms with Crippen LogP contribution < -0.4 is 5.43 Å². The van der Waals surface area contributed by atoms with Crippen molar-refractivity contribution in [3.05, 3.63) is 60.2 Å². The van der Waals surface area contributed by atoms with Gasteiger partial charge in [-0.1, -0.05) is 42.5 Å². The number of benzene rings is 1. The second-order valence-electron chi connectivity index (χ2n) is 5.08. The van der Waals surface area contributed by atoms with Crippen LogP contribution in [-0.2, 0) is 10.3 Å². The molecule has 1 heterocycles. The highest BCUT2D eigenvalue weighted by molar-refractivity contribution is 5.77.